The van der Waals surface area contributed by atoms with Gasteiger partial charge in [-0.2, -0.15) is 0 Å². The fourth-order valence-electron chi connectivity index (χ4n) is 2.50. The Kier molecular flexibility index (Phi) is 2.69. The van der Waals surface area contributed by atoms with Crippen molar-refractivity contribution in [3.63, 3.8) is 0 Å². The van der Waals surface area contributed by atoms with Crippen LogP contribution >= 0.6 is 0 Å². The first-order chi connectivity index (χ1) is 8.36. The van der Waals surface area contributed by atoms with Gasteiger partial charge in [-0.15, -0.1) is 0 Å². The highest BCUT2D eigenvalue weighted by Gasteiger charge is 2.24. The summed E-state index contributed by atoms with van der Waals surface area (Å²) in [4.78, 5) is 0. The normalized spacial score (nSPS) is 19.7. The molecule has 3 rings (SSSR count). The Balaban J connectivity index is 2.04. The zero-order valence-electron chi connectivity index (χ0n) is 9.94. The van der Waals surface area contributed by atoms with Gasteiger partial charge in [0.15, 0.2) is 0 Å². The second kappa shape index (κ2) is 4.34. The van der Waals surface area contributed by atoms with Crippen LogP contribution in [0.1, 0.15) is 23.7 Å². The number of rotatable bonds is 2. The molecule has 1 atom stereocenters. The van der Waals surface area contributed by atoms with Crippen molar-refractivity contribution in [2.45, 2.75) is 19.3 Å². The fraction of sp³-hybridized carbons (Fsp3) is 0.357. The van der Waals surface area contributed by atoms with Crippen LogP contribution in [0.3, 0.4) is 0 Å². The third-order valence-electron chi connectivity index (χ3n) is 3.46. The summed E-state index contributed by atoms with van der Waals surface area (Å²) in [6, 6.07) is 8.38. The monoisotopic (exact) mass is 228 g/mol. The second-order valence-corrected chi connectivity index (χ2v) is 4.61. The number of nitrogens with one attached hydrogen (secondary N) is 1. The van der Waals surface area contributed by atoms with Crippen LogP contribution in [-0.4, -0.2) is 18.2 Å². The van der Waals surface area contributed by atoms with Gasteiger partial charge < -0.3 is 9.84 Å². The van der Waals surface area contributed by atoms with Gasteiger partial charge in [0.2, 0.25) is 0 Å². The van der Waals surface area contributed by atoms with Crippen LogP contribution in [0.15, 0.2) is 35.0 Å². The van der Waals surface area contributed by atoms with E-state index in [2.05, 4.69) is 41.7 Å². The van der Waals surface area contributed by atoms with Crippen molar-refractivity contribution < 1.29 is 4.52 Å². The fourth-order valence-corrected chi connectivity index (χ4v) is 2.50. The third kappa shape index (κ3) is 1.87. The molecule has 0 spiro atoms. The van der Waals surface area contributed by atoms with Gasteiger partial charge in [0, 0.05) is 18.0 Å². The molecule has 1 N–H and O–H groups in total. The van der Waals surface area contributed by atoms with Crippen molar-refractivity contribution in [1.29, 1.82) is 0 Å². The molecule has 1 unspecified atom stereocenters. The lowest BCUT2D eigenvalue weighted by Gasteiger charge is -2.08. The van der Waals surface area contributed by atoms with Gasteiger partial charge in [0.05, 0.1) is 6.20 Å². The molecule has 1 aliphatic rings. The van der Waals surface area contributed by atoms with E-state index in [1.54, 1.807) is 0 Å². The first-order valence-electron chi connectivity index (χ1n) is 6.07. The molecule has 3 heteroatoms. The summed E-state index contributed by atoms with van der Waals surface area (Å²) in [5, 5.41) is 7.35. The molecule has 1 aliphatic heterocycles. The molecule has 1 aromatic carbocycles. The highest BCUT2D eigenvalue weighted by atomic mass is 16.5. The van der Waals surface area contributed by atoms with Crippen molar-refractivity contribution >= 4 is 0 Å². The standard InChI is InChI=1S/C14H16N2O/c1-10-4-2-3-5-12(10)13-9-16-17-14(13)11-6-7-15-8-11/h2-5,9,11,15H,6-8H2,1H3. The SMILES string of the molecule is Cc1ccccc1-c1cnoc1C1CCNC1. The minimum Gasteiger partial charge on any atom is -0.360 e. The Morgan fingerprint density at radius 2 is 2.18 bits per heavy atom. The molecule has 17 heavy (non-hydrogen) atoms. The number of nitrogens with zero attached hydrogens (tertiary/aromatic N) is 1. The van der Waals surface area contributed by atoms with E-state index in [0.29, 0.717) is 5.92 Å². The largest absolute Gasteiger partial charge is 0.360 e. The van der Waals surface area contributed by atoms with Gasteiger partial charge in [-0.25, -0.2) is 0 Å². The number of hydrogen-bond acceptors (Lipinski definition) is 3. The molecular formula is C14H16N2O. The number of aromatic nitrogens is 1. The van der Waals surface area contributed by atoms with Crippen LogP contribution in [-0.2, 0) is 0 Å². The number of aryl methyl sites for hydroxylation is 1. The Bertz CT molecular complexity index is 512. The molecule has 0 aliphatic carbocycles. The highest BCUT2D eigenvalue weighted by molar-refractivity contribution is 5.68. The summed E-state index contributed by atoms with van der Waals surface area (Å²) in [6.45, 7) is 4.19. The van der Waals surface area contributed by atoms with Gasteiger partial charge in [-0.05, 0) is 31.0 Å². The molecule has 1 fully saturated rings. The van der Waals surface area contributed by atoms with Crippen molar-refractivity contribution in [2.75, 3.05) is 13.1 Å². The first kappa shape index (κ1) is 10.5. The van der Waals surface area contributed by atoms with Crippen molar-refractivity contribution in [3.8, 4) is 11.1 Å². The van der Waals surface area contributed by atoms with Gasteiger partial charge in [-0.3, -0.25) is 0 Å². The summed E-state index contributed by atoms with van der Waals surface area (Å²) in [7, 11) is 0. The van der Waals surface area contributed by atoms with E-state index in [4.69, 9.17) is 4.52 Å². The van der Waals surface area contributed by atoms with Crippen LogP contribution in [0, 0.1) is 6.92 Å². The Labute approximate surface area is 101 Å². The maximum atomic E-state index is 5.47. The van der Waals surface area contributed by atoms with Crippen LogP contribution < -0.4 is 5.32 Å². The Morgan fingerprint density at radius 3 is 2.94 bits per heavy atom. The average Bonchev–Trinajstić information content (AvgIpc) is 3.00. The molecule has 0 amide bonds. The highest BCUT2D eigenvalue weighted by Crippen LogP contribution is 2.33. The molecule has 0 radical (unpaired) electrons. The lowest BCUT2D eigenvalue weighted by molar-refractivity contribution is 0.366. The van der Waals surface area contributed by atoms with Crippen molar-refractivity contribution in [3.05, 3.63) is 41.8 Å². The predicted octanol–water partition coefficient (Wildman–Crippen LogP) is 2.73. The third-order valence-corrected chi connectivity index (χ3v) is 3.46. The number of benzene rings is 1. The van der Waals surface area contributed by atoms with E-state index < -0.39 is 0 Å². The average molecular weight is 228 g/mol. The lowest BCUT2D eigenvalue weighted by atomic mass is 9.95. The quantitative estimate of drug-likeness (QED) is 0.858. The maximum Gasteiger partial charge on any atom is 0.148 e. The summed E-state index contributed by atoms with van der Waals surface area (Å²) >= 11 is 0. The predicted molar refractivity (Wildman–Crippen MR) is 66.9 cm³/mol. The zero-order valence-corrected chi connectivity index (χ0v) is 9.94. The summed E-state index contributed by atoms with van der Waals surface area (Å²) < 4.78 is 5.47. The topological polar surface area (TPSA) is 38.1 Å². The molecule has 88 valence electrons. The first-order valence-corrected chi connectivity index (χ1v) is 6.07. The van der Waals surface area contributed by atoms with Crippen LogP contribution in [0.5, 0.6) is 0 Å². The number of hydrogen-bond donors (Lipinski definition) is 1. The smallest absolute Gasteiger partial charge is 0.148 e. The van der Waals surface area contributed by atoms with E-state index in [9.17, 15) is 0 Å². The summed E-state index contributed by atoms with van der Waals surface area (Å²) in [5.74, 6) is 1.50. The molecule has 2 heterocycles. The van der Waals surface area contributed by atoms with Crippen LogP contribution in [0.4, 0.5) is 0 Å². The van der Waals surface area contributed by atoms with Crippen LogP contribution in [0.2, 0.25) is 0 Å². The Morgan fingerprint density at radius 1 is 1.29 bits per heavy atom. The summed E-state index contributed by atoms with van der Waals surface area (Å²) in [5.41, 5.74) is 3.65. The zero-order chi connectivity index (χ0) is 11.7. The maximum absolute atomic E-state index is 5.47. The van der Waals surface area contributed by atoms with E-state index in [0.717, 1.165) is 30.8 Å². The van der Waals surface area contributed by atoms with E-state index in [1.165, 1.54) is 11.1 Å². The Hall–Kier alpha value is -1.61. The minimum atomic E-state index is 0.465. The molecular weight excluding hydrogens is 212 g/mol. The van der Waals surface area contributed by atoms with Crippen molar-refractivity contribution in [1.82, 2.24) is 10.5 Å². The molecule has 2 aromatic rings. The molecule has 1 saturated heterocycles. The van der Waals surface area contributed by atoms with Gasteiger partial charge in [-0.1, -0.05) is 29.4 Å². The second-order valence-electron chi connectivity index (χ2n) is 4.61. The molecule has 0 bridgehead atoms. The van der Waals surface area contributed by atoms with Crippen LogP contribution in [0.25, 0.3) is 11.1 Å². The molecule has 0 saturated carbocycles. The lowest BCUT2D eigenvalue weighted by Crippen LogP contribution is -2.08. The van der Waals surface area contributed by atoms with Crippen molar-refractivity contribution in [2.24, 2.45) is 0 Å². The summed E-state index contributed by atoms with van der Waals surface area (Å²) in [6.07, 6.45) is 2.98. The van der Waals surface area contributed by atoms with Gasteiger partial charge in [0.25, 0.3) is 0 Å². The van der Waals surface area contributed by atoms with Gasteiger partial charge in [0.1, 0.15) is 5.76 Å². The molecule has 1 aromatic heterocycles. The van der Waals surface area contributed by atoms with E-state index >= 15 is 0 Å². The van der Waals surface area contributed by atoms with Gasteiger partial charge >= 0.3 is 0 Å². The minimum absolute atomic E-state index is 0.465. The molecule has 3 nitrogen and oxygen atoms in total. The van der Waals surface area contributed by atoms with E-state index in [-0.39, 0.29) is 0 Å². The van der Waals surface area contributed by atoms with E-state index in [1.807, 2.05) is 6.20 Å².